The quantitative estimate of drug-likeness (QED) is 0.588. The lowest BCUT2D eigenvalue weighted by Crippen LogP contribution is -1.74. The first-order valence-electron chi connectivity index (χ1n) is 3.13. The first-order chi connectivity index (χ1) is 5.33. The highest BCUT2D eigenvalue weighted by Gasteiger charge is 1.91. The van der Waals surface area contributed by atoms with Crippen molar-refractivity contribution >= 4 is 12.4 Å². The van der Waals surface area contributed by atoms with Crippen LogP contribution in [0, 0.1) is 0 Å². The van der Waals surface area contributed by atoms with Crippen LogP contribution in [0.25, 0.3) is 6.08 Å². The van der Waals surface area contributed by atoms with Gasteiger partial charge in [0.2, 0.25) is 0 Å². The lowest BCUT2D eigenvalue weighted by molar-refractivity contribution is 0.544. The van der Waals surface area contributed by atoms with Crippen molar-refractivity contribution in [3.8, 4) is 0 Å². The molecule has 0 aromatic heterocycles. The van der Waals surface area contributed by atoms with Crippen molar-refractivity contribution in [2.75, 3.05) is 0 Å². The van der Waals surface area contributed by atoms with E-state index in [1.54, 1.807) is 24.3 Å². The first kappa shape index (κ1) is 7.66. The molecule has 1 aromatic carbocycles. The molecule has 2 heteroatoms. The van der Waals surface area contributed by atoms with Gasteiger partial charge in [-0.3, -0.25) is 4.79 Å². The molecule has 0 bridgehead atoms. The summed E-state index contributed by atoms with van der Waals surface area (Å²) in [4.78, 5) is 9.74. The van der Waals surface area contributed by atoms with Crippen LogP contribution in [0.1, 0.15) is 5.56 Å². The summed E-state index contributed by atoms with van der Waals surface area (Å²) in [6.45, 7) is 0. The molecule has 11 heavy (non-hydrogen) atoms. The Balaban J connectivity index is 2.87. The second kappa shape index (κ2) is 3.66. The van der Waals surface area contributed by atoms with Crippen LogP contribution >= 0.6 is 0 Å². The summed E-state index contributed by atoms with van der Waals surface area (Å²) in [5.41, 5.74) is 0.661. The van der Waals surface area contributed by atoms with Crippen LogP contribution in [0.2, 0.25) is 0 Å². The van der Waals surface area contributed by atoms with Crippen molar-refractivity contribution in [1.29, 1.82) is 0 Å². The number of hydrogen-bond donors (Lipinski definition) is 0. The molecule has 1 radical (unpaired) electrons. The monoisotopic (exact) mass is 149 g/mol. The van der Waals surface area contributed by atoms with Gasteiger partial charge >= 0.3 is 0 Å². The number of benzene rings is 1. The van der Waals surface area contributed by atoms with Crippen LogP contribution in [0.4, 0.5) is 4.39 Å². The van der Waals surface area contributed by atoms with Crippen molar-refractivity contribution < 1.29 is 9.18 Å². The zero-order valence-corrected chi connectivity index (χ0v) is 5.75. The van der Waals surface area contributed by atoms with Gasteiger partial charge in [-0.1, -0.05) is 30.3 Å². The molecule has 0 amide bonds. The van der Waals surface area contributed by atoms with Crippen molar-refractivity contribution in [2.24, 2.45) is 0 Å². The van der Waals surface area contributed by atoms with E-state index in [4.69, 9.17) is 0 Å². The molecule has 0 spiro atoms. The minimum Gasteiger partial charge on any atom is -0.282 e. The molecule has 1 rings (SSSR count). The number of carbonyl (C=O) groups excluding carboxylic acids is 1. The Labute approximate surface area is 64.2 Å². The van der Waals surface area contributed by atoms with E-state index in [9.17, 15) is 9.18 Å². The van der Waals surface area contributed by atoms with Crippen molar-refractivity contribution in [3.63, 3.8) is 0 Å². The molecule has 0 aliphatic carbocycles. The molecule has 0 saturated heterocycles. The first-order valence-corrected chi connectivity index (χ1v) is 3.13. The summed E-state index contributed by atoms with van der Waals surface area (Å²) in [5, 5.41) is 0. The van der Waals surface area contributed by atoms with E-state index in [1.807, 2.05) is 6.07 Å². The number of halogens is 1. The predicted octanol–water partition coefficient (Wildman–Crippen LogP) is 2.11. The summed E-state index contributed by atoms with van der Waals surface area (Å²) in [6, 6.07) is 8.77. The average Bonchev–Trinajstić information content (AvgIpc) is 2.06. The van der Waals surface area contributed by atoms with Crippen LogP contribution in [-0.4, -0.2) is 6.29 Å². The largest absolute Gasteiger partial charge is 0.282 e. The molecule has 0 N–H and O–H groups in total. The maximum absolute atomic E-state index is 12.3. The smallest absolute Gasteiger partial charge is 0.264 e. The SMILES string of the molecule is O=[C]/C(F)=C/c1ccccc1. The van der Waals surface area contributed by atoms with Crippen LogP contribution < -0.4 is 0 Å². The Morgan fingerprint density at radius 3 is 2.55 bits per heavy atom. The molecular formula is C9H6FO. The lowest BCUT2D eigenvalue weighted by Gasteiger charge is -1.88. The number of hydrogen-bond acceptors (Lipinski definition) is 1. The van der Waals surface area contributed by atoms with Gasteiger partial charge in [0.25, 0.3) is 6.29 Å². The third-order valence-electron chi connectivity index (χ3n) is 1.19. The molecule has 0 saturated carbocycles. The van der Waals surface area contributed by atoms with Gasteiger partial charge in [-0.2, -0.15) is 0 Å². The third-order valence-corrected chi connectivity index (χ3v) is 1.19. The van der Waals surface area contributed by atoms with Gasteiger partial charge in [0, 0.05) is 0 Å². The van der Waals surface area contributed by atoms with Gasteiger partial charge in [-0.25, -0.2) is 4.39 Å². The van der Waals surface area contributed by atoms with Gasteiger partial charge in [0.15, 0.2) is 5.83 Å². The maximum Gasteiger partial charge on any atom is 0.264 e. The summed E-state index contributed by atoms with van der Waals surface area (Å²) in [6.07, 6.45) is 2.29. The standard InChI is InChI=1S/C9H6FO/c10-9(7-11)6-8-4-2-1-3-5-8/h1-6H/b9-6-. The van der Waals surface area contributed by atoms with E-state index < -0.39 is 5.83 Å². The fraction of sp³-hybridized carbons (Fsp3) is 0. The second-order valence-electron chi connectivity index (χ2n) is 2.01. The highest BCUT2D eigenvalue weighted by atomic mass is 19.1. The minimum atomic E-state index is -0.879. The molecule has 0 fully saturated rings. The predicted molar refractivity (Wildman–Crippen MR) is 41.2 cm³/mol. The average molecular weight is 149 g/mol. The van der Waals surface area contributed by atoms with Crippen molar-refractivity contribution in [1.82, 2.24) is 0 Å². The second-order valence-corrected chi connectivity index (χ2v) is 2.01. The van der Waals surface area contributed by atoms with Crippen molar-refractivity contribution in [2.45, 2.75) is 0 Å². The molecule has 0 atom stereocenters. The molecular weight excluding hydrogens is 143 g/mol. The summed E-state index contributed by atoms with van der Waals surface area (Å²) in [5.74, 6) is -0.879. The van der Waals surface area contributed by atoms with E-state index in [-0.39, 0.29) is 0 Å². The van der Waals surface area contributed by atoms with Gasteiger partial charge in [-0.15, -0.1) is 0 Å². The molecule has 0 heterocycles. The lowest BCUT2D eigenvalue weighted by atomic mass is 10.2. The van der Waals surface area contributed by atoms with Crippen LogP contribution in [0.5, 0.6) is 0 Å². The highest BCUT2D eigenvalue weighted by molar-refractivity contribution is 5.79. The Morgan fingerprint density at radius 2 is 2.00 bits per heavy atom. The molecule has 0 aliphatic rings. The number of rotatable bonds is 2. The Kier molecular flexibility index (Phi) is 2.55. The van der Waals surface area contributed by atoms with Crippen molar-refractivity contribution in [3.05, 3.63) is 41.7 Å². The number of allylic oxidation sites excluding steroid dienone is 1. The van der Waals surface area contributed by atoms with Crippen LogP contribution in [0.3, 0.4) is 0 Å². The Bertz CT molecular complexity index is 264. The van der Waals surface area contributed by atoms with Crippen LogP contribution in [-0.2, 0) is 4.79 Å². The Morgan fingerprint density at radius 1 is 1.36 bits per heavy atom. The third kappa shape index (κ3) is 2.34. The van der Waals surface area contributed by atoms with Gasteiger partial charge in [0.05, 0.1) is 0 Å². The Hall–Kier alpha value is -1.44. The highest BCUT2D eigenvalue weighted by Crippen LogP contribution is 2.04. The van der Waals surface area contributed by atoms with E-state index in [0.717, 1.165) is 12.4 Å². The summed E-state index contributed by atoms with van der Waals surface area (Å²) < 4.78 is 12.3. The van der Waals surface area contributed by atoms with E-state index in [1.165, 1.54) is 0 Å². The topological polar surface area (TPSA) is 17.1 Å². The van der Waals surface area contributed by atoms with E-state index >= 15 is 0 Å². The zero-order valence-electron chi connectivity index (χ0n) is 5.75. The summed E-state index contributed by atoms with van der Waals surface area (Å²) in [7, 11) is 0. The van der Waals surface area contributed by atoms with E-state index in [2.05, 4.69) is 0 Å². The molecule has 1 nitrogen and oxygen atoms in total. The molecule has 0 unspecified atom stereocenters. The fourth-order valence-corrected chi connectivity index (χ4v) is 0.725. The van der Waals surface area contributed by atoms with Gasteiger partial charge in [0.1, 0.15) is 0 Å². The van der Waals surface area contributed by atoms with Crippen LogP contribution in [0.15, 0.2) is 36.2 Å². The summed E-state index contributed by atoms with van der Waals surface area (Å²) >= 11 is 0. The minimum absolute atomic E-state index is 0.661. The van der Waals surface area contributed by atoms with E-state index in [0.29, 0.717) is 5.56 Å². The molecule has 55 valence electrons. The molecule has 0 aliphatic heterocycles. The van der Waals surface area contributed by atoms with Gasteiger partial charge in [-0.05, 0) is 11.6 Å². The van der Waals surface area contributed by atoms with Gasteiger partial charge < -0.3 is 0 Å². The fourth-order valence-electron chi connectivity index (χ4n) is 0.725. The maximum atomic E-state index is 12.3. The molecule has 1 aromatic rings. The normalized spacial score (nSPS) is 11.2. The zero-order chi connectivity index (χ0) is 8.10.